The fourth-order valence-corrected chi connectivity index (χ4v) is 6.63. The molecule has 2 aromatic carbocycles. The number of benzene rings is 2. The topological polar surface area (TPSA) is 200 Å². The van der Waals surface area contributed by atoms with Gasteiger partial charge in [0, 0.05) is 33.0 Å². The van der Waals surface area contributed by atoms with E-state index in [4.69, 9.17) is 4.74 Å². The standard InChI is InChI=1S/C40H51N9O7/c1-23(2)17-28-22-56-29-15-13-27(14-16-29)19-30(44-39(54)32-20-34(51)48(7)40(55)47(32)6)37(52)43-31(18-26-11-9-8-10-12-26)38(53)45-35(24(3)4)36-41-25(5)46-49(36)21-33(50)42-28/h8-16,20,23-24,28,30-31,35H,17-19,21-22H2,1-7H3,(H,42,50)(H,43,52)(H,44,54)(H,45,53)/t28-,30-,31-,35-/m0/s1. The maximum atomic E-state index is 14.3. The van der Waals surface area contributed by atoms with Crippen LogP contribution in [0.4, 0.5) is 0 Å². The number of nitrogens with one attached hydrogen (secondary N) is 4. The molecule has 0 spiro atoms. The molecule has 0 saturated carbocycles. The summed E-state index contributed by atoms with van der Waals surface area (Å²) in [5.41, 5.74) is -0.214. The van der Waals surface area contributed by atoms with Crippen LogP contribution in [0.5, 0.6) is 5.75 Å². The van der Waals surface area contributed by atoms with E-state index in [2.05, 4.69) is 45.2 Å². The van der Waals surface area contributed by atoms with Gasteiger partial charge in [0.15, 0.2) is 5.82 Å². The second kappa shape index (κ2) is 18.0. The Labute approximate surface area is 325 Å². The number of ether oxygens (including phenoxy) is 1. The first-order chi connectivity index (χ1) is 26.6. The van der Waals surface area contributed by atoms with Gasteiger partial charge in [-0.15, -0.1) is 0 Å². The highest BCUT2D eigenvalue weighted by Gasteiger charge is 2.32. The van der Waals surface area contributed by atoms with Gasteiger partial charge < -0.3 is 26.0 Å². The molecular weight excluding hydrogens is 718 g/mol. The molecule has 4 aromatic rings. The lowest BCUT2D eigenvalue weighted by Gasteiger charge is -2.27. The molecule has 6 rings (SSSR count). The first-order valence-electron chi connectivity index (χ1n) is 18.7. The van der Waals surface area contributed by atoms with Gasteiger partial charge in [0.25, 0.3) is 11.5 Å². The first-order valence-corrected chi connectivity index (χ1v) is 18.7. The molecule has 4 atom stereocenters. The average molecular weight is 770 g/mol. The third kappa shape index (κ3) is 10.4. The molecule has 4 N–H and O–H groups in total. The molecule has 16 nitrogen and oxygen atoms in total. The van der Waals surface area contributed by atoms with Crippen molar-refractivity contribution in [2.24, 2.45) is 25.9 Å². The number of hydrogen-bond donors (Lipinski definition) is 4. The van der Waals surface area contributed by atoms with Crippen LogP contribution in [0.1, 0.15) is 73.4 Å². The first kappa shape index (κ1) is 41.1. The van der Waals surface area contributed by atoms with Crippen molar-refractivity contribution < 1.29 is 23.9 Å². The third-order valence-corrected chi connectivity index (χ3v) is 9.57. The molecule has 2 bridgehead atoms. The van der Waals surface area contributed by atoms with E-state index in [9.17, 15) is 28.8 Å². The number of aryl methyl sites for hydroxylation is 1. The Morgan fingerprint density at radius 2 is 1.61 bits per heavy atom. The number of fused-ring (bicyclic) bond motifs is 14. The Hall–Kier alpha value is -6.06. The van der Waals surface area contributed by atoms with Gasteiger partial charge in [-0.2, -0.15) is 5.10 Å². The van der Waals surface area contributed by atoms with E-state index in [1.807, 2.05) is 44.2 Å². The van der Waals surface area contributed by atoms with E-state index in [0.29, 0.717) is 29.4 Å². The van der Waals surface area contributed by atoms with Crippen molar-refractivity contribution in [2.75, 3.05) is 6.61 Å². The largest absolute Gasteiger partial charge is 0.491 e. The predicted molar refractivity (Wildman–Crippen MR) is 208 cm³/mol. The molecule has 56 heavy (non-hydrogen) atoms. The van der Waals surface area contributed by atoms with Crippen LogP contribution in [0, 0.1) is 18.8 Å². The number of nitrogens with zero attached hydrogens (tertiary/aromatic N) is 5. The van der Waals surface area contributed by atoms with Crippen LogP contribution in [-0.2, 0) is 47.9 Å². The lowest BCUT2D eigenvalue weighted by Crippen LogP contribution is -2.56. The monoisotopic (exact) mass is 769 g/mol. The number of hydrogen-bond acceptors (Lipinski definition) is 9. The average Bonchev–Trinajstić information content (AvgIpc) is 3.51. The van der Waals surface area contributed by atoms with Gasteiger partial charge in [0.2, 0.25) is 17.7 Å². The van der Waals surface area contributed by atoms with Crippen molar-refractivity contribution in [3.63, 3.8) is 0 Å². The SMILES string of the molecule is Cc1nc2n(n1)CC(=O)N[C@@H](CC(C)C)COc1ccc(cc1)C[C@H](NC(=O)c1cc(=O)n(C)c(=O)n1C)C(=O)N[C@@H](Cc1ccccc1)C(=O)N[C@H]2C(C)C. The number of carbonyl (C=O) groups is 4. The summed E-state index contributed by atoms with van der Waals surface area (Å²) in [4.78, 5) is 85.7. The third-order valence-electron chi connectivity index (χ3n) is 9.57. The Bertz CT molecular complexity index is 2160. The molecule has 0 unspecified atom stereocenters. The molecular formula is C40H51N9O7. The molecule has 2 aliphatic heterocycles. The highest BCUT2D eigenvalue weighted by Crippen LogP contribution is 2.22. The van der Waals surface area contributed by atoms with Crippen molar-refractivity contribution in [1.82, 2.24) is 45.2 Å². The number of carbonyl (C=O) groups excluding carboxylic acids is 4. The molecule has 0 saturated heterocycles. The molecule has 2 aliphatic rings. The Morgan fingerprint density at radius 1 is 0.911 bits per heavy atom. The summed E-state index contributed by atoms with van der Waals surface area (Å²) in [7, 11) is 2.66. The zero-order valence-corrected chi connectivity index (χ0v) is 32.9. The molecule has 0 aliphatic carbocycles. The Balaban J connectivity index is 1.56. The van der Waals surface area contributed by atoms with Gasteiger partial charge in [-0.05, 0) is 48.4 Å². The van der Waals surface area contributed by atoms with Crippen molar-refractivity contribution in [1.29, 1.82) is 0 Å². The van der Waals surface area contributed by atoms with Crippen LogP contribution in [-0.4, -0.2) is 72.3 Å². The fraction of sp³-hybridized carbons (Fsp3) is 0.450. The number of amides is 4. The van der Waals surface area contributed by atoms with E-state index < -0.39 is 47.1 Å². The minimum absolute atomic E-state index is 0.0145. The van der Waals surface area contributed by atoms with E-state index in [0.717, 1.165) is 20.8 Å². The molecule has 4 heterocycles. The maximum Gasteiger partial charge on any atom is 0.331 e. The summed E-state index contributed by atoms with van der Waals surface area (Å²) < 4.78 is 9.50. The fourth-order valence-electron chi connectivity index (χ4n) is 6.63. The quantitative estimate of drug-likeness (QED) is 0.215. The van der Waals surface area contributed by atoms with E-state index in [1.54, 1.807) is 31.2 Å². The zero-order valence-electron chi connectivity index (χ0n) is 32.9. The highest BCUT2D eigenvalue weighted by molar-refractivity contribution is 5.97. The second-order valence-electron chi connectivity index (χ2n) is 15.0. The highest BCUT2D eigenvalue weighted by atomic mass is 16.5. The van der Waals surface area contributed by atoms with Crippen LogP contribution >= 0.6 is 0 Å². The van der Waals surface area contributed by atoms with Crippen LogP contribution in [0.25, 0.3) is 0 Å². The van der Waals surface area contributed by atoms with Crippen LogP contribution in [0.15, 0.2) is 70.3 Å². The molecule has 0 fully saturated rings. The van der Waals surface area contributed by atoms with E-state index >= 15 is 0 Å². The summed E-state index contributed by atoms with van der Waals surface area (Å²) in [6.45, 7) is 9.66. The van der Waals surface area contributed by atoms with Gasteiger partial charge in [-0.3, -0.25) is 33.1 Å². The van der Waals surface area contributed by atoms with Gasteiger partial charge in [0.1, 0.15) is 42.5 Å². The van der Waals surface area contributed by atoms with E-state index in [1.165, 1.54) is 18.8 Å². The van der Waals surface area contributed by atoms with Gasteiger partial charge in [-0.25, -0.2) is 14.5 Å². The van der Waals surface area contributed by atoms with E-state index in [-0.39, 0.29) is 55.5 Å². The molecule has 16 heteroatoms. The Morgan fingerprint density at radius 3 is 2.27 bits per heavy atom. The van der Waals surface area contributed by atoms with Gasteiger partial charge in [0.05, 0.1) is 12.1 Å². The zero-order chi connectivity index (χ0) is 40.7. The predicted octanol–water partition coefficient (Wildman–Crippen LogP) is 1.49. The van der Waals surface area contributed by atoms with Crippen LogP contribution < -0.4 is 37.3 Å². The lowest BCUT2D eigenvalue weighted by molar-refractivity contribution is -0.130. The lowest BCUT2D eigenvalue weighted by atomic mass is 10.00. The minimum atomic E-state index is -1.25. The smallest absolute Gasteiger partial charge is 0.331 e. The number of rotatable bonds is 7. The summed E-state index contributed by atoms with van der Waals surface area (Å²) in [6, 6.07) is 13.7. The van der Waals surface area contributed by atoms with Crippen LogP contribution in [0.2, 0.25) is 0 Å². The maximum absolute atomic E-state index is 14.3. The van der Waals surface area contributed by atoms with Crippen molar-refractivity contribution in [3.05, 3.63) is 110 Å². The summed E-state index contributed by atoms with van der Waals surface area (Å²) in [5.74, 6) is -0.951. The molecule has 0 radical (unpaired) electrons. The second-order valence-corrected chi connectivity index (χ2v) is 15.0. The normalized spacial score (nSPS) is 19.8. The minimum Gasteiger partial charge on any atom is -0.491 e. The summed E-state index contributed by atoms with van der Waals surface area (Å²) >= 11 is 0. The molecule has 298 valence electrons. The molecule has 4 amide bonds. The van der Waals surface area contributed by atoms with Crippen molar-refractivity contribution in [2.45, 2.75) is 84.6 Å². The molecule has 2 aromatic heterocycles. The van der Waals surface area contributed by atoms with Gasteiger partial charge >= 0.3 is 5.69 Å². The summed E-state index contributed by atoms with van der Waals surface area (Å²) in [5, 5.41) is 16.2. The Kier molecular flexibility index (Phi) is 13.3. The number of aromatic nitrogens is 5. The van der Waals surface area contributed by atoms with Crippen molar-refractivity contribution >= 4 is 23.6 Å². The summed E-state index contributed by atoms with van der Waals surface area (Å²) in [6.07, 6.45) is 0.736. The van der Waals surface area contributed by atoms with Crippen LogP contribution in [0.3, 0.4) is 0 Å². The van der Waals surface area contributed by atoms with Crippen molar-refractivity contribution in [3.8, 4) is 5.75 Å². The van der Waals surface area contributed by atoms with Gasteiger partial charge in [-0.1, -0.05) is 70.2 Å².